The first-order valence-corrected chi connectivity index (χ1v) is 7.97. The highest BCUT2D eigenvalue weighted by atomic mass is 32.2. The van der Waals surface area contributed by atoms with Gasteiger partial charge in [0.05, 0.1) is 11.4 Å². The van der Waals surface area contributed by atoms with Crippen LogP contribution in [-0.2, 0) is 9.84 Å². The average Bonchev–Trinajstić information content (AvgIpc) is 2.16. The van der Waals surface area contributed by atoms with Crippen LogP contribution in [0.15, 0.2) is 0 Å². The maximum absolute atomic E-state index is 11.6. The fourth-order valence-electron chi connectivity index (χ4n) is 2.32. The van der Waals surface area contributed by atoms with Crippen molar-refractivity contribution in [2.24, 2.45) is 0 Å². The molecule has 3 unspecified atom stereocenters. The summed E-state index contributed by atoms with van der Waals surface area (Å²) in [4.78, 5) is 0. The molecule has 0 aromatic rings. The molecule has 0 radical (unpaired) electrons. The minimum atomic E-state index is -2.95. The molecule has 5 heteroatoms. The molecule has 0 aromatic heterocycles. The van der Waals surface area contributed by atoms with Crippen molar-refractivity contribution in [1.29, 1.82) is 0 Å². The summed E-state index contributed by atoms with van der Waals surface area (Å²) in [6.45, 7) is 2.44. The van der Waals surface area contributed by atoms with Gasteiger partial charge in [-0.3, -0.25) is 0 Å². The standard InChI is InChI=1S/C11H23NO3S/c1-9(13)7-8-12-10-5-3-4-6-11(10)16(2,14)15/h9-13H,3-8H2,1-2H3. The molecule has 2 N–H and O–H groups in total. The van der Waals surface area contributed by atoms with Gasteiger partial charge in [0, 0.05) is 12.3 Å². The molecule has 0 heterocycles. The lowest BCUT2D eigenvalue weighted by Crippen LogP contribution is -2.46. The van der Waals surface area contributed by atoms with Gasteiger partial charge in [-0.2, -0.15) is 0 Å². The van der Waals surface area contributed by atoms with Crippen LogP contribution >= 0.6 is 0 Å². The van der Waals surface area contributed by atoms with Crippen LogP contribution in [0.5, 0.6) is 0 Å². The molecular weight excluding hydrogens is 226 g/mol. The molecule has 1 fully saturated rings. The Labute approximate surface area is 98.4 Å². The van der Waals surface area contributed by atoms with Gasteiger partial charge in [0.1, 0.15) is 0 Å². The molecule has 1 aliphatic rings. The minimum absolute atomic E-state index is 0.0718. The van der Waals surface area contributed by atoms with E-state index < -0.39 is 9.84 Å². The van der Waals surface area contributed by atoms with Gasteiger partial charge < -0.3 is 10.4 Å². The quantitative estimate of drug-likeness (QED) is 0.753. The number of sulfone groups is 1. The van der Waals surface area contributed by atoms with Crippen molar-refractivity contribution in [2.75, 3.05) is 12.8 Å². The molecule has 3 atom stereocenters. The van der Waals surface area contributed by atoms with E-state index in [1.165, 1.54) is 6.26 Å². The number of hydrogen-bond acceptors (Lipinski definition) is 4. The van der Waals surface area contributed by atoms with E-state index in [1.807, 2.05) is 0 Å². The van der Waals surface area contributed by atoms with E-state index in [0.717, 1.165) is 25.7 Å². The van der Waals surface area contributed by atoms with Gasteiger partial charge in [0.2, 0.25) is 0 Å². The Bertz CT molecular complexity index is 300. The number of aliphatic hydroxyl groups is 1. The number of nitrogens with one attached hydrogen (secondary N) is 1. The maximum Gasteiger partial charge on any atom is 0.151 e. The van der Waals surface area contributed by atoms with Crippen LogP contribution in [0.1, 0.15) is 39.0 Å². The molecule has 0 bridgehead atoms. The van der Waals surface area contributed by atoms with Crippen LogP contribution in [0.2, 0.25) is 0 Å². The zero-order valence-corrected chi connectivity index (χ0v) is 11.0. The van der Waals surface area contributed by atoms with Crippen molar-refractivity contribution in [2.45, 2.75) is 56.4 Å². The van der Waals surface area contributed by atoms with Crippen molar-refractivity contribution in [3.05, 3.63) is 0 Å². The van der Waals surface area contributed by atoms with Crippen molar-refractivity contribution in [3.8, 4) is 0 Å². The Morgan fingerprint density at radius 3 is 2.56 bits per heavy atom. The highest BCUT2D eigenvalue weighted by Crippen LogP contribution is 2.23. The Kier molecular flexibility index (Phi) is 5.21. The van der Waals surface area contributed by atoms with Crippen molar-refractivity contribution in [3.63, 3.8) is 0 Å². The smallest absolute Gasteiger partial charge is 0.151 e. The molecule has 0 aromatic carbocycles. The van der Waals surface area contributed by atoms with E-state index in [0.29, 0.717) is 13.0 Å². The van der Waals surface area contributed by atoms with Crippen molar-refractivity contribution < 1.29 is 13.5 Å². The second-order valence-corrected chi connectivity index (χ2v) is 7.12. The summed E-state index contributed by atoms with van der Waals surface area (Å²) in [7, 11) is -2.95. The van der Waals surface area contributed by atoms with Gasteiger partial charge in [-0.1, -0.05) is 12.8 Å². The van der Waals surface area contributed by atoms with E-state index in [2.05, 4.69) is 5.32 Å². The van der Waals surface area contributed by atoms with Gasteiger partial charge in [0.25, 0.3) is 0 Å². The first-order valence-electron chi connectivity index (χ1n) is 6.01. The molecule has 16 heavy (non-hydrogen) atoms. The first kappa shape index (κ1) is 13.9. The number of hydrogen-bond donors (Lipinski definition) is 2. The molecule has 0 spiro atoms. The van der Waals surface area contributed by atoms with Crippen LogP contribution in [0.4, 0.5) is 0 Å². The molecular formula is C11H23NO3S. The molecule has 1 saturated carbocycles. The topological polar surface area (TPSA) is 66.4 Å². The SMILES string of the molecule is CC(O)CCNC1CCCCC1S(C)(=O)=O. The van der Waals surface area contributed by atoms with Crippen LogP contribution in [0.3, 0.4) is 0 Å². The van der Waals surface area contributed by atoms with Crippen molar-refractivity contribution in [1.82, 2.24) is 5.32 Å². The molecule has 0 aliphatic heterocycles. The molecule has 0 amide bonds. The third-order valence-corrected chi connectivity index (χ3v) is 4.89. The van der Waals surface area contributed by atoms with Gasteiger partial charge >= 0.3 is 0 Å². The zero-order chi connectivity index (χ0) is 12.2. The predicted molar refractivity (Wildman–Crippen MR) is 65.2 cm³/mol. The van der Waals surface area contributed by atoms with Crippen LogP contribution in [0, 0.1) is 0 Å². The van der Waals surface area contributed by atoms with E-state index >= 15 is 0 Å². The van der Waals surface area contributed by atoms with Crippen molar-refractivity contribution >= 4 is 9.84 Å². The summed E-state index contributed by atoms with van der Waals surface area (Å²) < 4.78 is 23.2. The molecule has 1 aliphatic carbocycles. The number of aliphatic hydroxyl groups excluding tert-OH is 1. The summed E-state index contributed by atoms with van der Waals surface area (Å²) >= 11 is 0. The fraction of sp³-hybridized carbons (Fsp3) is 1.00. The Balaban J connectivity index is 2.48. The van der Waals surface area contributed by atoms with Crippen LogP contribution in [-0.4, -0.2) is 43.7 Å². The van der Waals surface area contributed by atoms with E-state index in [9.17, 15) is 8.42 Å². The Morgan fingerprint density at radius 2 is 2.00 bits per heavy atom. The summed E-state index contributed by atoms with van der Waals surface area (Å²) in [6, 6.07) is 0.0718. The summed E-state index contributed by atoms with van der Waals surface area (Å²) in [5.41, 5.74) is 0. The lowest BCUT2D eigenvalue weighted by molar-refractivity contribution is 0.181. The second kappa shape index (κ2) is 5.98. The summed E-state index contributed by atoms with van der Waals surface area (Å²) in [5.74, 6) is 0. The second-order valence-electron chi connectivity index (χ2n) is 4.85. The third-order valence-electron chi connectivity index (χ3n) is 3.22. The van der Waals surface area contributed by atoms with Gasteiger partial charge in [-0.05, 0) is 32.7 Å². The summed E-state index contributed by atoms with van der Waals surface area (Å²) in [5, 5.41) is 12.2. The summed E-state index contributed by atoms with van der Waals surface area (Å²) in [6.07, 6.45) is 5.47. The Morgan fingerprint density at radius 1 is 1.38 bits per heavy atom. The van der Waals surface area contributed by atoms with E-state index in [4.69, 9.17) is 5.11 Å². The van der Waals surface area contributed by atoms with E-state index in [-0.39, 0.29) is 17.4 Å². The third kappa shape index (κ3) is 4.39. The lowest BCUT2D eigenvalue weighted by atomic mass is 9.95. The largest absolute Gasteiger partial charge is 0.393 e. The van der Waals surface area contributed by atoms with Gasteiger partial charge in [-0.15, -0.1) is 0 Å². The molecule has 96 valence electrons. The lowest BCUT2D eigenvalue weighted by Gasteiger charge is -2.31. The highest BCUT2D eigenvalue weighted by Gasteiger charge is 2.32. The number of rotatable bonds is 5. The minimum Gasteiger partial charge on any atom is -0.393 e. The maximum atomic E-state index is 11.6. The Hall–Kier alpha value is -0.130. The van der Waals surface area contributed by atoms with E-state index in [1.54, 1.807) is 6.92 Å². The highest BCUT2D eigenvalue weighted by molar-refractivity contribution is 7.91. The molecule has 1 rings (SSSR count). The predicted octanol–water partition coefficient (Wildman–Crippen LogP) is 0.703. The van der Waals surface area contributed by atoms with Gasteiger partial charge in [-0.25, -0.2) is 8.42 Å². The molecule has 0 saturated heterocycles. The van der Waals surface area contributed by atoms with Crippen LogP contribution < -0.4 is 5.32 Å². The molecule has 4 nitrogen and oxygen atoms in total. The average molecular weight is 249 g/mol. The normalized spacial score (nSPS) is 28.9. The van der Waals surface area contributed by atoms with Gasteiger partial charge in [0.15, 0.2) is 9.84 Å². The van der Waals surface area contributed by atoms with Crippen LogP contribution in [0.25, 0.3) is 0 Å². The monoisotopic (exact) mass is 249 g/mol. The zero-order valence-electron chi connectivity index (χ0n) is 10.1. The fourth-order valence-corrected chi connectivity index (χ4v) is 3.74. The first-order chi connectivity index (χ1) is 7.41.